The first-order chi connectivity index (χ1) is 7.22. The molecule has 0 amide bonds. The molecule has 3 nitrogen and oxygen atoms in total. The van der Waals surface area contributed by atoms with Crippen molar-refractivity contribution in [3.8, 4) is 0 Å². The highest BCUT2D eigenvalue weighted by Crippen LogP contribution is 2.21. The van der Waals surface area contributed by atoms with Gasteiger partial charge in [-0.25, -0.2) is 9.78 Å². The maximum Gasteiger partial charge on any atom is 0.357 e. The number of aromatic nitrogens is 1. The van der Waals surface area contributed by atoms with Gasteiger partial charge in [-0.1, -0.05) is 17.7 Å². The predicted octanol–water partition coefficient (Wildman–Crippen LogP) is 2.67. The Balaban J connectivity index is 2.71. The standard InChI is InChI=1S/C11H8ClNO2/c1-15-11(14)10-9-3-2-8(12)6-7(9)4-5-13-10/h2-6H,1H3. The molecule has 0 unspecified atom stereocenters. The first-order valence-electron chi connectivity index (χ1n) is 4.35. The van der Waals surface area contributed by atoms with Crippen LogP contribution in [0.5, 0.6) is 0 Å². The number of benzene rings is 1. The smallest absolute Gasteiger partial charge is 0.357 e. The summed E-state index contributed by atoms with van der Waals surface area (Å²) in [5, 5.41) is 2.25. The number of carbonyl (C=O) groups excluding carboxylic acids is 1. The van der Waals surface area contributed by atoms with Gasteiger partial charge in [0, 0.05) is 16.6 Å². The second-order valence-corrected chi connectivity index (χ2v) is 3.45. The van der Waals surface area contributed by atoms with Gasteiger partial charge in [-0.15, -0.1) is 0 Å². The summed E-state index contributed by atoms with van der Waals surface area (Å²) in [5.74, 6) is -0.442. The topological polar surface area (TPSA) is 39.2 Å². The van der Waals surface area contributed by atoms with Crippen LogP contribution in [0, 0.1) is 0 Å². The molecule has 4 heteroatoms. The lowest BCUT2D eigenvalue weighted by Crippen LogP contribution is -2.04. The van der Waals surface area contributed by atoms with Crippen molar-refractivity contribution in [2.24, 2.45) is 0 Å². The van der Waals surface area contributed by atoms with Gasteiger partial charge in [0.2, 0.25) is 0 Å². The maximum atomic E-state index is 11.4. The van der Waals surface area contributed by atoms with Crippen molar-refractivity contribution in [1.29, 1.82) is 0 Å². The van der Waals surface area contributed by atoms with Crippen LogP contribution in [0.2, 0.25) is 5.02 Å². The van der Waals surface area contributed by atoms with Crippen molar-refractivity contribution < 1.29 is 9.53 Å². The van der Waals surface area contributed by atoms with Crippen molar-refractivity contribution in [3.05, 3.63) is 41.2 Å². The Bertz CT molecular complexity index is 525. The van der Waals surface area contributed by atoms with E-state index in [0.717, 1.165) is 10.8 Å². The summed E-state index contributed by atoms with van der Waals surface area (Å²) in [4.78, 5) is 15.4. The number of hydrogen-bond acceptors (Lipinski definition) is 3. The molecule has 0 spiro atoms. The molecule has 1 heterocycles. The quantitative estimate of drug-likeness (QED) is 0.695. The molecule has 0 radical (unpaired) electrons. The molecule has 2 aromatic rings. The van der Waals surface area contributed by atoms with Crippen molar-refractivity contribution in [3.63, 3.8) is 0 Å². The van der Waals surface area contributed by atoms with Crippen LogP contribution in [-0.4, -0.2) is 18.1 Å². The van der Waals surface area contributed by atoms with Crippen LogP contribution < -0.4 is 0 Å². The van der Waals surface area contributed by atoms with Crippen LogP contribution >= 0.6 is 11.6 Å². The Morgan fingerprint density at radius 2 is 2.20 bits per heavy atom. The lowest BCUT2D eigenvalue weighted by Gasteiger charge is -2.03. The van der Waals surface area contributed by atoms with Gasteiger partial charge in [-0.3, -0.25) is 0 Å². The van der Waals surface area contributed by atoms with E-state index in [0.29, 0.717) is 10.7 Å². The molecule has 76 valence electrons. The molecule has 0 fully saturated rings. The van der Waals surface area contributed by atoms with Crippen LogP contribution in [0.1, 0.15) is 10.5 Å². The Morgan fingerprint density at radius 1 is 1.40 bits per heavy atom. The van der Waals surface area contributed by atoms with Gasteiger partial charge >= 0.3 is 5.97 Å². The minimum absolute atomic E-state index is 0.312. The van der Waals surface area contributed by atoms with Crippen molar-refractivity contribution in [2.45, 2.75) is 0 Å². The first kappa shape index (κ1) is 9.93. The van der Waals surface area contributed by atoms with E-state index in [1.54, 1.807) is 30.5 Å². The normalized spacial score (nSPS) is 10.3. The molecule has 1 aromatic carbocycles. The highest BCUT2D eigenvalue weighted by molar-refractivity contribution is 6.31. The second kappa shape index (κ2) is 3.87. The highest BCUT2D eigenvalue weighted by Gasteiger charge is 2.11. The summed E-state index contributed by atoms with van der Waals surface area (Å²) in [5.41, 5.74) is 0.312. The third-order valence-corrected chi connectivity index (χ3v) is 2.34. The molecule has 0 aliphatic rings. The average molecular weight is 222 g/mol. The van der Waals surface area contributed by atoms with Crippen molar-refractivity contribution >= 4 is 28.3 Å². The number of halogens is 1. The van der Waals surface area contributed by atoms with E-state index in [9.17, 15) is 4.79 Å². The Hall–Kier alpha value is -1.61. The molecule has 0 saturated heterocycles. The zero-order chi connectivity index (χ0) is 10.8. The van der Waals surface area contributed by atoms with Gasteiger partial charge in [0.1, 0.15) is 0 Å². The summed E-state index contributed by atoms with van der Waals surface area (Å²) in [6, 6.07) is 7.06. The van der Waals surface area contributed by atoms with Gasteiger partial charge in [0.15, 0.2) is 5.69 Å². The van der Waals surface area contributed by atoms with Crippen LogP contribution in [0.4, 0.5) is 0 Å². The first-order valence-corrected chi connectivity index (χ1v) is 4.73. The number of carbonyl (C=O) groups is 1. The van der Waals surface area contributed by atoms with E-state index in [1.165, 1.54) is 7.11 Å². The number of nitrogens with zero attached hydrogens (tertiary/aromatic N) is 1. The monoisotopic (exact) mass is 221 g/mol. The van der Waals surface area contributed by atoms with Crippen molar-refractivity contribution in [2.75, 3.05) is 7.11 Å². The van der Waals surface area contributed by atoms with Gasteiger partial charge in [0.25, 0.3) is 0 Å². The fourth-order valence-electron chi connectivity index (χ4n) is 1.41. The molecule has 2 rings (SSSR count). The third-order valence-electron chi connectivity index (χ3n) is 2.11. The zero-order valence-electron chi connectivity index (χ0n) is 8.03. The van der Waals surface area contributed by atoms with E-state index in [-0.39, 0.29) is 0 Å². The van der Waals surface area contributed by atoms with E-state index < -0.39 is 5.97 Å². The molecule has 0 atom stereocenters. The molecule has 0 saturated carbocycles. The number of fused-ring (bicyclic) bond motifs is 1. The maximum absolute atomic E-state index is 11.4. The Morgan fingerprint density at radius 3 is 2.93 bits per heavy atom. The minimum Gasteiger partial charge on any atom is -0.464 e. The molecule has 0 aliphatic heterocycles. The van der Waals surface area contributed by atoms with Crippen LogP contribution in [-0.2, 0) is 4.74 Å². The van der Waals surface area contributed by atoms with Gasteiger partial charge in [0.05, 0.1) is 7.11 Å². The van der Waals surface area contributed by atoms with E-state index in [4.69, 9.17) is 11.6 Å². The largest absolute Gasteiger partial charge is 0.464 e. The predicted molar refractivity (Wildman–Crippen MR) is 58.1 cm³/mol. The highest BCUT2D eigenvalue weighted by atomic mass is 35.5. The fourth-order valence-corrected chi connectivity index (χ4v) is 1.59. The molecule has 0 N–H and O–H groups in total. The number of hydrogen-bond donors (Lipinski definition) is 0. The zero-order valence-corrected chi connectivity index (χ0v) is 8.78. The molecular weight excluding hydrogens is 214 g/mol. The number of rotatable bonds is 1. The van der Waals surface area contributed by atoms with Gasteiger partial charge < -0.3 is 4.74 Å². The van der Waals surface area contributed by atoms with Gasteiger partial charge in [-0.2, -0.15) is 0 Å². The molecule has 0 aliphatic carbocycles. The third kappa shape index (κ3) is 1.78. The lowest BCUT2D eigenvalue weighted by atomic mass is 10.1. The Labute approximate surface area is 91.6 Å². The lowest BCUT2D eigenvalue weighted by molar-refractivity contribution is 0.0596. The van der Waals surface area contributed by atoms with E-state index >= 15 is 0 Å². The van der Waals surface area contributed by atoms with E-state index in [1.807, 2.05) is 0 Å². The summed E-state index contributed by atoms with van der Waals surface area (Å²) in [6.45, 7) is 0. The number of esters is 1. The summed E-state index contributed by atoms with van der Waals surface area (Å²) < 4.78 is 4.64. The van der Waals surface area contributed by atoms with E-state index in [2.05, 4.69) is 9.72 Å². The SMILES string of the molecule is COC(=O)c1nccc2cc(Cl)ccc12. The van der Waals surface area contributed by atoms with Crippen LogP contribution in [0.25, 0.3) is 10.8 Å². The molecule has 0 bridgehead atoms. The minimum atomic E-state index is -0.442. The summed E-state index contributed by atoms with van der Waals surface area (Å²) >= 11 is 5.85. The second-order valence-electron chi connectivity index (χ2n) is 3.02. The number of ether oxygens (including phenoxy) is 1. The van der Waals surface area contributed by atoms with Crippen LogP contribution in [0.15, 0.2) is 30.5 Å². The number of pyridine rings is 1. The average Bonchev–Trinajstić information content (AvgIpc) is 2.26. The van der Waals surface area contributed by atoms with Crippen molar-refractivity contribution in [1.82, 2.24) is 4.98 Å². The summed E-state index contributed by atoms with van der Waals surface area (Å²) in [7, 11) is 1.33. The molecule has 1 aromatic heterocycles. The van der Waals surface area contributed by atoms with Crippen LogP contribution in [0.3, 0.4) is 0 Å². The molecular formula is C11H8ClNO2. The summed E-state index contributed by atoms with van der Waals surface area (Å²) in [6.07, 6.45) is 1.56. The Kier molecular flexibility index (Phi) is 2.56. The fraction of sp³-hybridized carbons (Fsp3) is 0.0909. The van der Waals surface area contributed by atoms with Gasteiger partial charge in [-0.05, 0) is 23.6 Å². The molecule has 15 heavy (non-hydrogen) atoms. The number of methoxy groups -OCH3 is 1.